The Hall–Kier alpha value is -1.85. The van der Waals surface area contributed by atoms with Crippen molar-refractivity contribution in [2.24, 2.45) is 0 Å². The highest BCUT2D eigenvalue weighted by molar-refractivity contribution is 5.92. The average molecular weight is 212 g/mol. The Morgan fingerprint density at radius 3 is 2.87 bits per heavy atom. The van der Waals surface area contributed by atoms with Crippen LogP contribution in [-0.4, -0.2) is 30.5 Å². The number of hydrogen-bond acceptors (Lipinski definition) is 5. The fourth-order valence-corrected chi connectivity index (χ4v) is 0.980. The van der Waals surface area contributed by atoms with Crippen molar-refractivity contribution in [3.05, 3.63) is 17.8 Å². The Morgan fingerprint density at radius 1 is 1.60 bits per heavy atom. The van der Waals surface area contributed by atoms with Crippen LogP contribution in [0.25, 0.3) is 0 Å². The zero-order valence-electron chi connectivity index (χ0n) is 8.57. The van der Waals surface area contributed by atoms with E-state index in [1.54, 1.807) is 6.92 Å². The first-order valence-electron chi connectivity index (χ1n) is 4.40. The van der Waals surface area contributed by atoms with E-state index in [-0.39, 0.29) is 30.6 Å². The molecule has 0 aromatic carbocycles. The van der Waals surface area contributed by atoms with E-state index in [0.29, 0.717) is 5.69 Å². The lowest BCUT2D eigenvalue weighted by Crippen LogP contribution is -2.26. The summed E-state index contributed by atoms with van der Waals surface area (Å²) in [6, 6.07) is 0. The molecular formula is C9H12N2O4. The third-order valence-electron chi connectivity index (χ3n) is 1.79. The maximum Gasteiger partial charge on any atom is 0.307 e. The molecule has 0 aliphatic carbocycles. The summed E-state index contributed by atoms with van der Waals surface area (Å²) in [7, 11) is 1.30. The van der Waals surface area contributed by atoms with E-state index in [9.17, 15) is 9.59 Å². The first-order valence-corrected chi connectivity index (χ1v) is 4.40. The molecule has 1 N–H and O–H groups in total. The van der Waals surface area contributed by atoms with E-state index in [1.807, 2.05) is 0 Å². The van der Waals surface area contributed by atoms with Crippen LogP contribution < -0.4 is 5.32 Å². The second kappa shape index (κ2) is 5.14. The predicted octanol–water partition coefficient (Wildman–Crippen LogP) is 0.276. The number of aromatic nitrogens is 1. The summed E-state index contributed by atoms with van der Waals surface area (Å²) in [5.74, 6) is -0.585. The maximum absolute atomic E-state index is 11.4. The van der Waals surface area contributed by atoms with Crippen LogP contribution in [0.3, 0.4) is 0 Å². The van der Waals surface area contributed by atoms with Gasteiger partial charge in [0.05, 0.1) is 19.2 Å². The van der Waals surface area contributed by atoms with Gasteiger partial charge in [0.15, 0.2) is 6.39 Å². The number of carbonyl (C=O) groups is 2. The van der Waals surface area contributed by atoms with Crippen LogP contribution in [0.5, 0.6) is 0 Å². The maximum atomic E-state index is 11.4. The van der Waals surface area contributed by atoms with Crippen molar-refractivity contribution in [1.29, 1.82) is 0 Å². The third-order valence-corrected chi connectivity index (χ3v) is 1.79. The molecule has 0 saturated carbocycles. The number of rotatable bonds is 4. The molecule has 82 valence electrons. The number of nitrogens with one attached hydrogen (secondary N) is 1. The van der Waals surface area contributed by atoms with Gasteiger partial charge in [-0.05, 0) is 6.92 Å². The number of aryl methyl sites for hydroxylation is 1. The highest BCUT2D eigenvalue weighted by Crippen LogP contribution is 2.03. The first kappa shape index (κ1) is 11.2. The van der Waals surface area contributed by atoms with E-state index < -0.39 is 0 Å². The summed E-state index contributed by atoms with van der Waals surface area (Å²) < 4.78 is 9.29. The average Bonchev–Trinajstić information content (AvgIpc) is 2.64. The molecule has 0 fully saturated rings. The normalized spacial score (nSPS) is 9.73. The molecule has 1 aromatic heterocycles. The molecule has 1 amide bonds. The zero-order chi connectivity index (χ0) is 11.3. The Labute approximate surface area is 86.6 Å². The topological polar surface area (TPSA) is 81.4 Å². The summed E-state index contributed by atoms with van der Waals surface area (Å²) >= 11 is 0. The number of nitrogens with zero attached hydrogens (tertiary/aromatic N) is 1. The van der Waals surface area contributed by atoms with Crippen LogP contribution in [0.1, 0.15) is 22.7 Å². The minimum absolute atomic E-state index is 0.134. The van der Waals surface area contributed by atoms with Gasteiger partial charge in [-0.1, -0.05) is 0 Å². The summed E-state index contributed by atoms with van der Waals surface area (Å²) in [5, 5.41) is 2.52. The summed E-state index contributed by atoms with van der Waals surface area (Å²) in [4.78, 5) is 25.9. The fraction of sp³-hybridized carbons (Fsp3) is 0.444. The molecule has 1 aromatic rings. The molecule has 0 radical (unpaired) electrons. The molecular weight excluding hydrogens is 200 g/mol. The van der Waals surface area contributed by atoms with Crippen molar-refractivity contribution in [3.63, 3.8) is 0 Å². The highest BCUT2D eigenvalue weighted by Gasteiger charge is 2.13. The Kier molecular flexibility index (Phi) is 3.84. The molecule has 15 heavy (non-hydrogen) atoms. The number of methoxy groups -OCH3 is 1. The number of hydrogen-bond donors (Lipinski definition) is 1. The van der Waals surface area contributed by atoms with Crippen LogP contribution in [0, 0.1) is 6.92 Å². The van der Waals surface area contributed by atoms with Crippen molar-refractivity contribution in [3.8, 4) is 0 Å². The number of esters is 1. The van der Waals surface area contributed by atoms with Gasteiger partial charge in [-0.3, -0.25) is 9.59 Å². The van der Waals surface area contributed by atoms with Gasteiger partial charge >= 0.3 is 5.97 Å². The largest absolute Gasteiger partial charge is 0.469 e. The van der Waals surface area contributed by atoms with Crippen LogP contribution >= 0.6 is 0 Å². The summed E-state index contributed by atoms with van der Waals surface area (Å²) in [6.07, 6.45) is 1.33. The van der Waals surface area contributed by atoms with Crippen molar-refractivity contribution in [2.75, 3.05) is 13.7 Å². The second-order valence-electron chi connectivity index (χ2n) is 2.85. The molecule has 0 aliphatic heterocycles. The fourth-order valence-electron chi connectivity index (χ4n) is 0.980. The molecule has 0 unspecified atom stereocenters. The van der Waals surface area contributed by atoms with E-state index >= 15 is 0 Å². The number of ether oxygens (including phenoxy) is 1. The SMILES string of the molecule is COC(=O)CCNC(=O)c1ocnc1C. The molecule has 0 bridgehead atoms. The Morgan fingerprint density at radius 2 is 2.33 bits per heavy atom. The lowest BCUT2D eigenvalue weighted by atomic mass is 10.3. The lowest BCUT2D eigenvalue weighted by molar-refractivity contribution is -0.140. The highest BCUT2D eigenvalue weighted by atomic mass is 16.5. The second-order valence-corrected chi connectivity index (χ2v) is 2.85. The number of carbonyl (C=O) groups excluding carboxylic acids is 2. The van der Waals surface area contributed by atoms with Crippen molar-refractivity contribution >= 4 is 11.9 Å². The van der Waals surface area contributed by atoms with E-state index in [1.165, 1.54) is 13.5 Å². The Bertz CT molecular complexity index is 359. The lowest BCUT2D eigenvalue weighted by Gasteiger charge is -2.01. The van der Waals surface area contributed by atoms with Gasteiger partial charge in [0.2, 0.25) is 5.76 Å². The first-order chi connectivity index (χ1) is 7.15. The molecule has 0 saturated heterocycles. The molecule has 0 atom stereocenters. The van der Waals surface area contributed by atoms with Gasteiger partial charge in [-0.25, -0.2) is 4.98 Å². The molecule has 0 spiro atoms. The van der Waals surface area contributed by atoms with Gasteiger partial charge in [0.25, 0.3) is 5.91 Å². The monoisotopic (exact) mass is 212 g/mol. The van der Waals surface area contributed by atoms with Crippen molar-refractivity contribution in [1.82, 2.24) is 10.3 Å². The third kappa shape index (κ3) is 3.08. The van der Waals surface area contributed by atoms with Crippen molar-refractivity contribution in [2.45, 2.75) is 13.3 Å². The van der Waals surface area contributed by atoms with Crippen LogP contribution in [0.15, 0.2) is 10.8 Å². The minimum Gasteiger partial charge on any atom is -0.469 e. The Balaban J connectivity index is 2.38. The van der Waals surface area contributed by atoms with Crippen LogP contribution in [0.4, 0.5) is 0 Å². The zero-order valence-corrected chi connectivity index (χ0v) is 8.57. The van der Waals surface area contributed by atoms with E-state index in [0.717, 1.165) is 0 Å². The van der Waals surface area contributed by atoms with Gasteiger partial charge in [-0.2, -0.15) is 0 Å². The van der Waals surface area contributed by atoms with Gasteiger partial charge in [-0.15, -0.1) is 0 Å². The summed E-state index contributed by atoms with van der Waals surface area (Å²) in [6.45, 7) is 1.88. The van der Waals surface area contributed by atoms with E-state index in [4.69, 9.17) is 4.42 Å². The van der Waals surface area contributed by atoms with Gasteiger partial charge < -0.3 is 14.5 Å². The molecule has 6 nitrogen and oxygen atoms in total. The molecule has 1 heterocycles. The standard InChI is InChI=1S/C9H12N2O4/c1-6-8(15-5-11-6)9(13)10-4-3-7(12)14-2/h5H,3-4H2,1-2H3,(H,10,13). The molecule has 0 aliphatic rings. The molecule has 1 rings (SSSR count). The van der Waals surface area contributed by atoms with Gasteiger partial charge in [0, 0.05) is 6.54 Å². The predicted molar refractivity (Wildman–Crippen MR) is 50.2 cm³/mol. The van der Waals surface area contributed by atoms with Crippen molar-refractivity contribution < 1.29 is 18.7 Å². The van der Waals surface area contributed by atoms with Gasteiger partial charge in [0.1, 0.15) is 0 Å². The quantitative estimate of drug-likeness (QED) is 0.725. The smallest absolute Gasteiger partial charge is 0.307 e. The molecule has 6 heteroatoms. The number of amides is 1. The summed E-state index contributed by atoms with van der Waals surface area (Å²) in [5.41, 5.74) is 0.519. The van der Waals surface area contributed by atoms with E-state index in [2.05, 4.69) is 15.0 Å². The van der Waals surface area contributed by atoms with Crippen LogP contribution in [0.2, 0.25) is 0 Å². The number of oxazole rings is 1. The van der Waals surface area contributed by atoms with Crippen LogP contribution in [-0.2, 0) is 9.53 Å². The minimum atomic E-state index is -0.381.